The normalized spacial score (nSPS) is 13.0. The summed E-state index contributed by atoms with van der Waals surface area (Å²) in [5, 5.41) is 0. The average molecular weight is 274 g/mol. The maximum absolute atomic E-state index is 2.40. The molecular weight excluding hydrogens is 240 g/mol. The quantitative estimate of drug-likeness (QED) is 0.534. The van der Waals surface area contributed by atoms with Crippen LogP contribution in [0.15, 0.2) is 24.3 Å². The van der Waals surface area contributed by atoms with Gasteiger partial charge < -0.3 is 0 Å². The molecule has 0 radical (unpaired) electrons. The molecule has 1 rings (SSSR count). The van der Waals surface area contributed by atoms with Crippen LogP contribution >= 0.6 is 0 Å². The summed E-state index contributed by atoms with van der Waals surface area (Å²) in [7, 11) is 0. The molecule has 0 saturated heterocycles. The lowest BCUT2D eigenvalue weighted by molar-refractivity contribution is 0.299. The maximum Gasteiger partial charge on any atom is -0.00755 e. The Morgan fingerprint density at radius 2 is 1.25 bits per heavy atom. The Labute approximate surface area is 127 Å². The van der Waals surface area contributed by atoms with Gasteiger partial charge in [-0.3, -0.25) is 0 Å². The predicted octanol–water partition coefficient (Wildman–Crippen LogP) is 6.48. The average Bonchev–Trinajstić information content (AvgIpc) is 2.40. The third-order valence-electron chi connectivity index (χ3n) is 5.29. The fraction of sp³-hybridized carbons (Fsp3) is 0.700. The number of benzene rings is 1. The van der Waals surface area contributed by atoms with Crippen LogP contribution in [0.1, 0.15) is 85.3 Å². The van der Waals surface area contributed by atoms with Crippen molar-refractivity contribution >= 4 is 0 Å². The Morgan fingerprint density at radius 3 is 1.65 bits per heavy atom. The lowest BCUT2D eigenvalue weighted by atomic mass is 9.70. The molecule has 0 saturated carbocycles. The summed E-state index contributed by atoms with van der Waals surface area (Å²) >= 11 is 0. The second-order valence-electron chi connectivity index (χ2n) is 7.45. The minimum absolute atomic E-state index is 0.275. The van der Waals surface area contributed by atoms with Crippen molar-refractivity contribution in [1.82, 2.24) is 0 Å². The Bertz CT molecular complexity index is 391. The van der Waals surface area contributed by atoms with Gasteiger partial charge in [0.2, 0.25) is 0 Å². The first kappa shape index (κ1) is 17.3. The van der Waals surface area contributed by atoms with Gasteiger partial charge >= 0.3 is 0 Å². The van der Waals surface area contributed by atoms with Crippen LogP contribution in [0.25, 0.3) is 0 Å². The summed E-state index contributed by atoms with van der Waals surface area (Å²) < 4.78 is 0. The molecule has 0 amide bonds. The molecule has 0 bridgehead atoms. The summed E-state index contributed by atoms with van der Waals surface area (Å²) in [6.07, 6.45) is 5.01. The van der Waals surface area contributed by atoms with E-state index in [1.165, 1.54) is 36.8 Å². The van der Waals surface area contributed by atoms with E-state index in [2.05, 4.69) is 72.7 Å². The summed E-state index contributed by atoms with van der Waals surface area (Å²) in [6.45, 7) is 16.4. The molecule has 114 valence electrons. The first-order chi connectivity index (χ1) is 9.29. The van der Waals surface area contributed by atoms with Crippen molar-refractivity contribution in [3.63, 3.8) is 0 Å². The van der Waals surface area contributed by atoms with Crippen molar-refractivity contribution in [3.8, 4) is 0 Å². The zero-order valence-corrected chi connectivity index (χ0v) is 14.7. The fourth-order valence-electron chi connectivity index (χ4n) is 3.67. The lowest BCUT2D eigenvalue weighted by Crippen LogP contribution is -2.28. The number of rotatable bonds is 7. The molecule has 0 aromatic heterocycles. The molecule has 1 aromatic carbocycles. The van der Waals surface area contributed by atoms with E-state index in [-0.39, 0.29) is 5.41 Å². The molecule has 0 aliphatic heterocycles. The first-order valence-corrected chi connectivity index (χ1v) is 8.40. The zero-order valence-electron chi connectivity index (χ0n) is 14.7. The van der Waals surface area contributed by atoms with Crippen LogP contribution in [0, 0.1) is 5.92 Å². The van der Waals surface area contributed by atoms with Crippen LogP contribution in [-0.2, 0) is 10.8 Å². The Hall–Kier alpha value is -0.780. The van der Waals surface area contributed by atoms with Gasteiger partial charge in [0.25, 0.3) is 0 Å². The molecule has 0 aliphatic carbocycles. The molecule has 0 unspecified atom stereocenters. The van der Waals surface area contributed by atoms with Gasteiger partial charge in [0.15, 0.2) is 0 Å². The van der Waals surface area contributed by atoms with E-state index in [0.717, 1.165) is 5.92 Å². The van der Waals surface area contributed by atoms with E-state index >= 15 is 0 Å². The first-order valence-electron chi connectivity index (χ1n) is 8.40. The molecule has 1 aromatic rings. The monoisotopic (exact) mass is 274 g/mol. The SMILES string of the molecule is CCCC(C)(C)c1ccc(C(C)(C)C(CC)CC)cc1. The highest BCUT2D eigenvalue weighted by Crippen LogP contribution is 2.37. The second kappa shape index (κ2) is 6.78. The summed E-state index contributed by atoms with van der Waals surface area (Å²) in [6, 6.07) is 9.44. The van der Waals surface area contributed by atoms with Crippen molar-refractivity contribution in [3.05, 3.63) is 35.4 Å². The highest BCUT2D eigenvalue weighted by molar-refractivity contribution is 5.32. The van der Waals surface area contributed by atoms with Gasteiger partial charge in [0, 0.05) is 0 Å². The van der Waals surface area contributed by atoms with Crippen LogP contribution < -0.4 is 0 Å². The van der Waals surface area contributed by atoms with Gasteiger partial charge in [-0.1, -0.05) is 92.0 Å². The van der Waals surface area contributed by atoms with E-state index in [1.54, 1.807) is 0 Å². The standard InChI is InChI=1S/C20H34/c1-8-15-19(4,5)17-11-13-18(14-12-17)20(6,7)16(9-2)10-3/h11-14,16H,8-10,15H2,1-7H3. The van der Waals surface area contributed by atoms with Gasteiger partial charge in [-0.25, -0.2) is 0 Å². The molecular formula is C20H34. The van der Waals surface area contributed by atoms with E-state index in [1.807, 2.05) is 0 Å². The van der Waals surface area contributed by atoms with Crippen LogP contribution in [0.5, 0.6) is 0 Å². The van der Waals surface area contributed by atoms with E-state index in [0.29, 0.717) is 5.41 Å². The minimum Gasteiger partial charge on any atom is -0.0654 e. The molecule has 0 fully saturated rings. The Morgan fingerprint density at radius 1 is 0.800 bits per heavy atom. The van der Waals surface area contributed by atoms with Crippen LogP contribution in [-0.4, -0.2) is 0 Å². The maximum atomic E-state index is 2.40. The zero-order chi connectivity index (χ0) is 15.4. The number of hydrogen-bond acceptors (Lipinski definition) is 0. The third-order valence-corrected chi connectivity index (χ3v) is 5.29. The molecule has 0 spiro atoms. The third kappa shape index (κ3) is 3.65. The van der Waals surface area contributed by atoms with Crippen LogP contribution in [0.3, 0.4) is 0 Å². The van der Waals surface area contributed by atoms with E-state index < -0.39 is 0 Å². The molecule has 0 aliphatic rings. The summed E-state index contributed by atoms with van der Waals surface area (Å²) in [5.74, 6) is 0.761. The van der Waals surface area contributed by atoms with Crippen LogP contribution in [0.2, 0.25) is 0 Å². The molecule has 0 heteroatoms. The Balaban J connectivity index is 3.02. The van der Waals surface area contributed by atoms with Crippen molar-refractivity contribution in [2.75, 3.05) is 0 Å². The molecule has 0 heterocycles. The van der Waals surface area contributed by atoms with Crippen molar-refractivity contribution < 1.29 is 0 Å². The topological polar surface area (TPSA) is 0 Å². The largest absolute Gasteiger partial charge is 0.0654 e. The van der Waals surface area contributed by atoms with Crippen molar-refractivity contribution in [2.45, 2.75) is 85.0 Å². The van der Waals surface area contributed by atoms with Gasteiger partial charge in [0.1, 0.15) is 0 Å². The van der Waals surface area contributed by atoms with Crippen LogP contribution in [0.4, 0.5) is 0 Å². The smallest absolute Gasteiger partial charge is 0.00755 e. The van der Waals surface area contributed by atoms with Crippen molar-refractivity contribution in [1.29, 1.82) is 0 Å². The Kier molecular flexibility index (Phi) is 5.86. The van der Waals surface area contributed by atoms with Crippen molar-refractivity contribution in [2.24, 2.45) is 5.92 Å². The second-order valence-corrected chi connectivity index (χ2v) is 7.45. The van der Waals surface area contributed by atoms with E-state index in [4.69, 9.17) is 0 Å². The number of hydrogen-bond donors (Lipinski definition) is 0. The lowest BCUT2D eigenvalue weighted by Gasteiger charge is -2.34. The summed E-state index contributed by atoms with van der Waals surface area (Å²) in [4.78, 5) is 0. The highest BCUT2D eigenvalue weighted by Gasteiger charge is 2.29. The summed E-state index contributed by atoms with van der Waals surface area (Å²) in [5.41, 5.74) is 3.54. The fourth-order valence-corrected chi connectivity index (χ4v) is 3.67. The molecule has 0 N–H and O–H groups in total. The van der Waals surface area contributed by atoms with Gasteiger partial charge in [-0.2, -0.15) is 0 Å². The molecule has 0 atom stereocenters. The van der Waals surface area contributed by atoms with E-state index in [9.17, 15) is 0 Å². The highest BCUT2D eigenvalue weighted by atomic mass is 14.3. The molecule has 0 nitrogen and oxygen atoms in total. The van der Waals surface area contributed by atoms with Gasteiger partial charge in [-0.15, -0.1) is 0 Å². The predicted molar refractivity (Wildman–Crippen MR) is 91.5 cm³/mol. The van der Waals surface area contributed by atoms with Gasteiger partial charge in [0.05, 0.1) is 0 Å². The van der Waals surface area contributed by atoms with Gasteiger partial charge in [-0.05, 0) is 34.3 Å². The minimum atomic E-state index is 0.275. The molecule has 20 heavy (non-hydrogen) atoms.